The van der Waals surface area contributed by atoms with E-state index in [0.29, 0.717) is 16.6 Å². The fourth-order valence-corrected chi connectivity index (χ4v) is 5.42. The van der Waals surface area contributed by atoms with Gasteiger partial charge in [0.25, 0.3) is 5.82 Å². The number of hydrogen-bond donors (Lipinski definition) is 0. The molecule has 0 bridgehead atoms. The van der Waals surface area contributed by atoms with Crippen LogP contribution in [0.3, 0.4) is 0 Å². The van der Waals surface area contributed by atoms with E-state index < -0.39 is 0 Å². The minimum Gasteiger partial charge on any atom is -0.842 e. The highest BCUT2D eigenvalue weighted by Gasteiger charge is 2.43. The molecule has 7 heteroatoms. The van der Waals surface area contributed by atoms with Crippen molar-refractivity contribution in [2.75, 3.05) is 0 Å². The Morgan fingerprint density at radius 3 is 2.77 bits per heavy atom. The predicted molar refractivity (Wildman–Crippen MR) is 97.6 cm³/mol. The second-order valence-corrected chi connectivity index (χ2v) is 8.47. The van der Waals surface area contributed by atoms with Gasteiger partial charge in [0.2, 0.25) is 0 Å². The van der Waals surface area contributed by atoms with Gasteiger partial charge in [-0.1, -0.05) is 41.9 Å². The summed E-state index contributed by atoms with van der Waals surface area (Å²) >= 11 is 7.44. The lowest BCUT2D eigenvalue weighted by atomic mass is 9.92. The maximum Gasteiger partial charge on any atom is 0.344 e. The molecule has 0 aliphatic carbocycles. The largest absolute Gasteiger partial charge is 0.842 e. The van der Waals surface area contributed by atoms with E-state index in [4.69, 9.17) is 11.6 Å². The standard InChI is InChI=1S/C19H16ClN3O2S/c20-19-21-10-14(26-19)13-7-6-12-8-9-22-16(12)23(13)18(25)15(17(22)24)11-4-2-1-3-5-11/h1-5,10,12-13H,6-9H2. The molecule has 2 aliphatic rings. The molecular formula is C19H16ClN3O2S. The lowest BCUT2D eigenvalue weighted by Crippen LogP contribution is -2.53. The number of thiazole rings is 1. The zero-order valence-electron chi connectivity index (χ0n) is 13.9. The number of rotatable bonds is 2. The minimum atomic E-state index is -0.200. The molecule has 0 fully saturated rings. The van der Waals surface area contributed by atoms with E-state index in [-0.39, 0.29) is 29.0 Å². The molecule has 2 aliphatic heterocycles. The summed E-state index contributed by atoms with van der Waals surface area (Å²) in [6.07, 6.45) is 4.51. The van der Waals surface area contributed by atoms with Crippen LogP contribution in [0.2, 0.25) is 4.47 Å². The van der Waals surface area contributed by atoms with Crippen LogP contribution in [0.15, 0.2) is 41.3 Å². The summed E-state index contributed by atoms with van der Waals surface area (Å²) in [5.74, 6) is 0.953. The van der Waals surface area contributed by atoms with Crippen molar-refractivity contribution >= 4 is 22.9 Å². The number of aromatic nitrogens is 3. The summed E-state index contributed by atoms with van der Waals surface area (Å²) in [5.41, 5.74) is 0.770. The maximum atomic E-state index is 13.5. The van der Waals surface area contributed by atoms with Crippen molar-refractivity contribution in [3.63, 3.8) is 0 Å². The van der Waals surface area contributed by atoms with E-state index in [2.05, 4.69) is 4.98 Å². The van der Waals surface area contributed by atoms with Crippen molar-refractivity contribution in [2.45, 2.75) is 37.8 Å². The van der Waals surface area contributed by atoms with Crippen LogP contribution in [0.1, 0.15) is 41.9 Å². The molecule has 0 saturated carbocycles. The molecule has 2 atom stereocenters. The van der Waals surface area contributed by atoms with Gasteiger partial charge in [-0.2, -0.15) is 4.57 Å². The molecule has 5 nitrogen and oxygen atoms in total. The van der Waals surface area contributed by atoms with Gasteiger partial charge >= 0.3 is 5.56 Å². The Bertz CT molecular complexity index is 1060. The van der Waals surface area contributed by atoms with Crippen LogP contribution in [-0.2, 0) is 6.54 Å². The van der Waals surface area contributed by atoms with Crippen LogP contribution in [0.25, 0.3) is 11.1 Å². The summed E-state index contributed by atoms with van der Waals surface area (Å²) < 4.78 is 4.13. The second-order valence-electron chi connectivity index (χ2n) is 6.83. The van der Waals surface area contributed by atoms with Gasteiger partial charge in [0, 0.05) is 6.20 Å². The zero-order chi connectivity index (χ0) is 17.8. The number of benzene rings is 1. The third-order valence-corrected chi connectivity index (χ3v) is 6.68. The molecule has 0 saturated heterocycles. The normalized spacial score (nSPS) is 21.0. The van der Waals surface area contributed by atoms with E-state index in [1.54, 1.807) is 6.20 Å². The lowest BCUT2D eigenvalue weighted by molar-refractivity contribution is -0.763. The van der Waals surface area contributed by atoms with E-state index >= 15 is 0 Å². The Morgan fingerprint density at radius 2 is 2.04 bits per heavy atom. The molecule has 1 aromatic carbocycles. The minimum absolute atomic E-state index is 0.105. The highest BCUT2D eigenvalue weighted by Crippen LogP contribution is 2.40. The molecule has 3 aromatic rings. The number of halogens is 1. The van der Waals surface area contributed by atoms with Gasteiger partial charge in [-0.3, -0.25) is 0 Å². The third kappa shape index (κ3) is 2.25. The third-order valence-electron chi connectivity index (χ3n) is 5.47. The molecule has 26 heavy (non-hydrogen) atoms. The van der Waals surface area contributed by atoms with Crippen molar-refractivity contribution in [3.05, 3.63) is 62.1 Å². The topological polar surface area (TPSA) is 61.8 Å². The Kier molecular flexibility index (Phi) is 3.65. The molecule has 0 N–H and O–H groups in total. The second kappa shape index (κ2) is 5.93. The van der Waals surface area contributed by atoms with Crippen LogP contribution in [0, 0.1) is 0 Å². The summed E-state index contributed by atoms with van der Waals surface area (Å²) in [4.78, 5) is 18.2. The Hall–Kier alpha value is -2.18. The molecule has 132 valence electrons. The predicted octanol–water partition coefficient (Wildman–Crippen LogP) is 2.86. The van der Waals surface area contributed by atoms with Crippen molar-refractivity contribution < 1.29 is 9.67 Å². The van der Waals surface area contributed by atoms with Crippen LogP contribution >= 0.6 is 22.9 Å². The molecule has 2 aromatic heterocycles. The highest BCUT2D eigenvalue weighted by atomic mass is 35.5. The first kappa shape index (κ1) is 16.0. The van der Waals surface area contributed by atoms with Gasteiger partial charge in [-0.25, -0.2) is 14.3 Å². The first-order chi connectivity index (χ1) is 12.6. The average Bonchev–Trinajstić information content (AvgIpc) is 3.27. The van der Waals surface area contributed by atoms with Gasteiger partial charge in [-0.05, 0) is 24.8 Å². The van der Waals surface area contributed by atoms with Crippen LogP contribution in [0.4, 0.5) is 0 Å². The van der Waals surface area contributed by atoms with E-state index in [0.717, 1.165) is 30.0 Å². The Balaban J connectivity index is 1.81. The maximum absolute atomic E-state index is 13.5. The Labute approximate surface area is 159 Å². The van der Waals surface area contributed by atoms with E-state index in [1.807, 2.05) is 39.5 Å². The van der Waals surface area contributed by atoms with Crippen molar-refractivity contribution in [3.8, 4) is 17.0 Å². The molecule has 4 heterocycles. The van der Waals surface area contributed by atoms with Crippen molar-refractivity contribution in [1.82, 2.24) is 9.55 Å². The molecule has 2 unspecified atom stereocenters. The molecular weight excluding hydrogens is 370 g/mol. The van der Waals surface area contributed by atoms with Crippen molar-refractivity contribution in [1.29, 1.82) is 0 Å². The summed E-state index contributed by atoms with van der Waals surface area (Å²) in [7, 11) is 0. The first-order valence-electron chi connectivity index (χ1n) is 8.71. The van der Waals surface area contributed by atoms with Gasteiger partial charge in [0.15, 0.2) is 4.47 Å². The first-order valence-corrected chi connectivity index (χ1v) is 9.90. The summed E-state index contributed by atoms with van der Waals surface area (Å²) in [5, 5.41) is 13.5. The van der Waals surface area contributed by atoms with Crippen molar-refractivity contribution in [2.24, 2.45) is 0 Å². The van der Waals surface area contributed by atoms with Crippen LogP contribution in [0.5, 0.6) is 5.88 Å². The van der Waals surface area contributed by atoms with Gasteiger partial charge in [0.05, 0.1) is 23.2 Å². The van der Waals surface area contributed by atoms with Crippen LogP contribution < -0.4 is 15.2 Å². The smallest absolute Gasteiger partial charge is 0.344 e. The SMILES string of the molecule is O=c1c(-c2ccccc2)c([O-])[n+]2c3n1CCC3CCC2c1cnc(Cl)s1. The quantitative estimate of drug-likeness (QED) is 0.637. The highest BCUT2D eigenvalue weighted by molar-refractivity contribution is 7.15. The molecule has 0 radical (unpaired) electrons. The summed E-state index contributed by atoms with van der Waals surface area (Å²) in [6.45, 7) is 0.676. The van der Waals surface area contributed by atoms with Gasteiger partial charge in [0.1, 0.15) is 11.6 Å². The Morgan fingerprint density at radius 1 is 1.23 bits per heavy atom. The molecule has 5 rings (SSSR count). The van der Waals surface area contributed by atoms with Gasteiger partial charge < -0.3 is 5.11 Å². The molecule has 0 spiro atoms. The van der Waals surface area contributed by atoms with Crippen LogP contribution in [-0.4, -0.2) is 9.55 Å². The summed E-state index contributed by atoms with van der Waals surface area (Å²) in [6, 6.07) is 9.13. The number of hydrogen-bond acceptors (Lipinski definition) is 4. The lowest BCUT2D eigenvalue weighted by Gasteiger charge is -2.29. The zero-order valence-corrected chi connectivity index (χ0v) is 15.5. The average molecular weight is 386 g/mol. The molecule has 0 amide bonds. The fraction of sp³-hybridized carbons (Fsp3) is 0.316. The van der Waals surface area contributed by atoms with Gasteiger partial charge in [-0.15, -0.1) is 11.3 Å². The van der Waals surface area contributed by atoms with E-state index in [9.17, 15) is 9.90 Å². The fourth-order valence-electron chi connectivity index (χ4n) is 4.33. The number of nitrogens with zero attached hydrogens (tertiary/aromatic N) is 3. The monoisotopic (exact) mass is 385 g/mol. The van der Waals surface area contributed by atoms with E-state index in [1.165, 1.54) is 11.3 Å².